The third-order valence-corrected chi connectivity index (χ3v) is 6.36. The molecule has 0 aliphatic carbocycles. The number of carbonyl (C=O) groups excluding carboxylic acids is 3. The molecule has 0 saturated carbocycles. The molecule has 29 heavy (non-hydrogen) atoms. The van der Waals surface area contributed by atoms with E-state index >= 15 is 0 Å². The van der Waals surface area contributed by atoms with Crippen LogP contribution in [0.1, 0.15) is 55.7 Å². The number of hydrogen-bond acceptors (Lipinski definition) is 5. The van der Waals surface area contributed by atoms with Gasteiger partial charge >= 0.3 is 5.97 Å². The van der Waals surface area contributed by atoms with Crippen LogP contribution in [0.2, 0.25) is 10.0 Å². The minimum Gasteiger partial charge on any atom is -0.462 e. The Morgan fingerprint density at radius 2 is 1.90 bits per heavy atom. The number of benzene rings is 1. The molecule has 3 rings (SSSR count). The Kier molecular flexibility index (Phi) is 6.82. The third-order valence-electron chi connectivity index (χ3n) is 4.62. The van der Waals surface area contributed by atoms with Crippen LogP contribution in [0.25, 0.3) is 0 Å². The number of thiophene rings is 1. The maximum atomic E-state index is 12.9. The molecule has 1 aliphatic rings. The molecular weight excluding hydrogens is 435 g/mol. The van der Waals surface area contributed by atoms with E-state index in [-0.39, 0.29) is 33.7 Å². The van der Waals surface area contributed by atoms with Crippen molar-refractivity contribution in [2.75, 3.05) is 25.0 Å². The highest BCUT2D eigenvalue weighted by Crippen LogP contribution is 2.36. The summed E-state index contributed by atoms with van der Waals surface area (Å²) in [5.41, 5.74) is 0.907. The monoisotopic (exact) mass is 454 g/mol. The van der Waals surface area contributed by atoms with Gasteiger partial charge in [-0.15, -0.1) is 11.3 Å². The topological polar surface area (TPSA) is 75.7 Å². The lowest BCUT2D eigenvalue weighted by molar-refractivity contribution is 0.0527. The van der Waals surface area contributed by atoms with Crippen molar-refractivity contribution in [3.63, 3.8) is 0 Å². The van der Waals surface area contributed by atoms with Gasteiger partial charge in [0.2, 0.25) is 0 Å². The second-order valence-electron chi connectivity index (χ2n) is 6.56. The van der Waals surface area contributed by atoms with Crippen molar-refractivity contribution in [3.8, 4) is 0 Å². The molecular formula is C20H20Cl2N2O4S. The molecule has 1 aromatic carbocycles. The first-order valence-electron chi connectivity index (χ1n) is 9.19. The summed E-state index contributed by atoms with van der Waals surface area (Å²) in [5.74, 6) is -1.22. The second-order valence-corrected chi connectivity index (χ2v) is 8.42. The third kappa shape index (κ3) is 4.57. The van der Waals surface area contributed by atoms with Crippen molar-refractivity contribution in [2.45, 2.75) is 26.7 Å². The van der Waals surface area contributed by atoms with Gasteiger partial charge in [0.05, 0.1) is 27.6 Å². The van der Waals surface area contributed by atoms with Gasteiger partial charge in [-0.25, -0.2) is 4.79 Å². The number of halogens is 2. The number of ether oxygens (including phenoxy) is 1. The summed E-state index contributed by atoms with van der Waals surface area (Å²) < 4.78 is 5.14. The minimum atomic E-state index is -0.584. The molecule has 0 radical (unpaired) electrons. The largest absolute Gasteiger partial charge is 0.462 e. The van der Waals surface area contributed by atoms with Crippen LogP contribution in [0.4, 0.5) is 5.00 Å². The molecule has 1 aromatic heterocycles. The van der Waals surface area contributed by atoms with Crippen LogP contribution in [-0.4, -0.2) is 42.4 Å². The van der Waals surface area contributed by atoms with E-state index in [0.29, 0.717) is 28.6 Å². The maximum absolute atomic E-state index is 12.9. The number of amides is 2. The van der Waals surface area contributed by atoms with Crippen LogP contribution in [0, 0.1) is 6.92 Å². The summed E-state index contributed by atoms with van der Waals surface area (Å²) in [4.78, 5) is 40.4. The first kappa shape index (κ1) is 21.6. The predicted octanol–water partition coefficient (Wildman–Crippen LogP) is 5.03. The summed E-state index contributed by atoms with van der Waals surface area (Å²) >= 11 is 13.1. The highest BCUT2D eigenvalue weighted by molar-refractivity contribution is 7.18. The number of carbonyl (C=O) groups is 3. The zero-order chi connectivity index (χ0) is 21.1. The van der Waals surface area contributed by atoms with Crippen molar-refractivity contribution in [1.82, 2.24) is 4.90 Å². The quantitative estimate of drug-likeness (QED) is 0.642. The summed E-state index contributed by atoms with van der Waals surface area (Å²) in [6.07, 6.45) is 1.92. The molecule has 0 spiro atoms. The molecule has 2 aromatic rings. The van der Waals surface area contributed by atoms with Gasteiger partial charge in [-0.2, -0.15) is 0 Å². The molecule has 154 valence electrons. The number of esters is 1. The van der Waals surface area contributed by atoms with Gasteiger partial charge in [-0.05, 0) is 50.5 Å². The lowest BCUT2D eigenvalue weighted by atomic mass is 10.1. The van der Waals surface area contributed by atoms with Crippen molar-refractivity contribution in [2.24, 2.45) is 0 Å². The first-order chi connectivity index (χ1) is 13.8. The van der Waals surface area contributed by atoms with Gasteiger partial charge < -0.3 is 15.0 Å². The fraction of sp³-hybridized carbons (Fsp3) is 0.350. The fourth-order valence-corrected chi connectivity index (χ4v) is 4.81. The van der Waals surface area contributed by atoms with Crippen LogP contribution in [0.3, 0.4) is 0 Å². The van der Waals surface area contributed by atoms with Crippen molar-refractivity contribution < 1.29 is 19.1 Å². The summed E-state index contributed by atoms with van der Waals surface area (Å²) in [6, 6.07) is 4.52. The van der Waals surface area contributed by atoms with Crippen LogP contribution < -0.4 is 5.32 Å². The van der Waals surface area contributed by atoms with Gasteiger partial charge in [-0.3, -0.25) is 9.59 Å². The number of anilines is 1. The molecule has 0 unspecified atom stereocenters. The van der Waals surface area contributed by atoms with Crippen LogP contribution in [0.5, 0.6) is 0 Å². The molecule has 1 fully saturated rings. The molecule has 0 bridgehead atoms. The minimum absolute atomic E-state index is 0.138. The standard InChI is InChI=1S/C20H20Cl2N2O4S/c1-3-28-20(27)15-11(2)16(19(26)24-8-4-5-9-24)29-18(15)23-17(25)13-7-6-12(21)10-14(13)22/h6-7,10H,3-5,8-9H2,1-2H3,(H,23,25). The molecule has 2 heterocycles. The zero-order valence-electron chi connectivity index (χ0n) is 16.0. The lowest BCUT2D eigenvalue weighted by Gasteiger charge is -2.14. The average molecular weight is 455 g/mol. The van der Waals surface area contributed by atoms with Crippen LogP contribution >= 0.6 is 34.5 Å². The predicted molar refractivity (Wildman–Crippen MR) is 115 cm³/mol. The van der Waals surface area contributed by atoms with Gasteiger partial charge in [-0.1, -0.05) is 23.2 Å². The van der Waals surface area contributed by atoms with Gasteiger partial charge in [0, 0.05) is 18.1 Å². The molecule has 0 atom stereocenters. The highest BCUT2D eigenvalue weighted by Gasteiger charge is 2.30. The smallest absolute Gasteiger partial charge is 0.341 e. The Labute approximate surface area is 182 Å². The van der Waals surface area contributed by atoms with Crippen molar-refractivity contribution in [1.29, 1.82) is 0 Å². The van der Waals surface area contributed by atoms with Crippen molar-refractivity contribution >= 4 is 57.3 Å². The number of nitrogens with zero attached hydrogens (tertiary/aromatic N) is 1. The normalized spacial score (nSPS) is 13.4. The first-order valence-corrected chi connectivity index (χ1v) is 10.8. The van der Waals surface area contributed by atoms with Gasteiger partial charge in [0.25, 0.3) is 11.8 Å². The molecule has 9 heteroatoms. The number of hydrogen-bond donors (Lipinski definition) is 1. The van der Waals surface area contributed by atoms with E-state index in [1.807, 2.05) is 0 Å². The molecule has 1 N–H and O–H groups in total. The Morgan fingerprint density at radius 1 is 1.21 bits per heavy atom. The highest BCUT2D eigenvalue weighted by atomic mass is 35.5. The average Bonchev–Trinajstić information content (AvgIpc) is 3.29. The summed E-state index contributed by atoms with van der Waals surface area (Å²) in [6.45, 7) is 4.94. The van der Waals surface area contributed by atoms with E-state index < -0.39 is 11.9 Å². The van der Waals surface area contributed by atoms with E-state index in [0.717, 1.165) is 24.2 Å². The number of rotatable bonds is 5. The molecule has 2 amide bonds. The Bertz CT molecular complexity index is 968. The van der Waals surface area contributed by atoms with E-state index in [9.17, 15) is 14.4 Å². The Morgan fingerprint density at radius 3 is 2.52 bits per heavy atom. The fourth-order valence-electron chi connectivity index (χ4n) is 3.16. The molecule has 1 aliphatic heterocycles. The van der Waals surface area contributed by atoms with E-state index in [1.165, 1.54) is 12.1 Å². The van der Waals surface area contributed by atoms with Gasteiger partial charge in [0.1, 0.15) is 5.00 Å². The maximum Gasteiger partial charge on any atom is 0.341 e. The van der Waals surface area contributed by atoms with Crippen LogP contribution in [-0.2, 0) is 4.74 Å². The molecule has 6 nitrogen and oxygen atoms in total. The van der Waals surface area contributed by atoms with E-state index in [2.05, 4.69) is 5.32 Å². The summed E-state index contributed by atoms with van der Waals surface area (Å²) in [7, 11) is 0. The van der Waals surface area contributed by atoms with Crippen LogP contribution in [0.15, 0.2) is 18.2 Å². The van der Waals surface area contributed by atoms with Crippen molar-refractivity contribution in [3.05, 3.63) is 49.8 Å². The Balaban J connectivity index is 1.97. The number of likely N-dealkylation sites (tertiary alicyclic amines) is 1. The SMILES string of the molecule is CCOC(=O)c1c(NC(=O)c2ccc(Cl)cc2Cl)sc(C(=O)N2CCCC2)c1C. The second kappa shape index (κ2) is 9.15. The number of nitrogens with one attached hydrogen (secondary N) is 1. The molecule has 1 saturated heterocycles. The Hall–Kier alpha value is -2.09. The van der Waals surface area contributed by atoms with Gasteiger partial charge in [0.15, 0.2) is 0 Å². The zero-order valence-corrected chi connectivity index (χ0v) is 18.3. The lowest BCUT2D eigenvalue weighted by Crippen LogP contribution is -2.27. The van der Waals surface area contributed by atoms with E-state index in [1.54, 1.807) is 24.8 Å². The summed E-state index contributed by atoms with van der Waals surface area (Å²) in [5, 5.41) is 3.57. The van der Waals surface area contributed by atoms with E-state index in [4.69, 9.17) is 27.9 Å².